The van der Waals surface area contributed by atoms with Crippen molar-refractivity contribution in [2.24, 2.45) is 0 Å². The molecule has 0 heterocycles. The smallest absolute Gasteiger partial charge is 0.206 e. The van der Waals surface area contributed by atoms with Crippen LogP contribution in [-0.2, 0) is 0 Å². The van der Waals surface area contributed by atoms with E-state index in [-0.39, 0.29) is 6.08 Å². The van der Waals surface area contributed by atoms with Crippen LogP contribution in [0.1, 0.15) is 0 Å². The van der Waals surface area contributed by atoms with Crippen molar-refractivity contribution in [3.8, 4) is 0 Å². The predicted molar refractivity (Wildman–Crippen MR) is 29.0 cm³/mol. The molecule has 0 rings (SSSR count). The predicted octanol–water partition coefficient (Wildman–Crippen LogP) is 2.80. The highest BCUT2D eigenvalue weighted by molar-refractivity contribution is 9.11. The Morgan fingerprint density at radius 3 is 1.78 bits per heavy atom. The zero-order chi connectivity index (χ0) is 7.44. The zero-order valence-electron chi connectivity index (χ0n) is 4.12. The molecule has 0 aromatic carbocycles. The number of rotatable bonds is 2. The summed E-state index contributed by atoms with van der Waals surface area (Å²) in [6.45, 7) is 0. The number of hydrogen-bond donors (Lipinski definition) is 0. The van der Waals surface area contributed by atoms with E-state index in [0.29, 0.717) is 0 Å². The third kappa shape index (κ3) is 4.44. The lowest BCUT2D eigenvalue weighted by molar-refractivity contribution is 0.182. The van der Waals surface area contributed by atoms with Crippen molar-refractivity contribution in [1.82, 2.24) is 0 Å². The van der Waals surface area contributed by atoms with Gasteiger partial charge < -0.3 is 0 Å². The molecule has 0 atom stereocenters. The fraction of sp³-hybridized carbons (Fsp3) is 0.500. The summed E-state index contributed by atoms with van der Waals surface area (Å²) in [6.07, 6.45) is -5.52. The molecule has 54 valence electrons. The Bertz CT molecular complexity index is 109. The SMILES string of the molecule is FC(F)C=C(Br)C(F)F. The molecule has 0 aliphatic heterocycles. The van der Waals surface area contributed by atoms with Gasteiger partial charge in [-0.25, -0.2) is 17.6 Å². The molecular formula is C4H3BrF4. The summed E-state index contributed by atoms with van der Waals surface area (Å²) >= 11 is 2.27. The molecule has 0 saturated heterocycles. The average Bonchev–Trinajstić information content (AvgIpc) is 1.63. The van der Waals surface area contributed by atoms with E-state index in [1.165, 1.54) is 0 Å². The second kappa shape index (κ2) is 3.87. The minimum absolute atomic E-state index is 0.157. The van der Waals surface area contributed by atoms with Crippen molar-refractivity contribution in [2.45, 2.75) is 12.9 Å². The summed E-state index contributed by atoms with van der Waals surface area (Å²) in [7, 11) is 0. The van der Waals surface area contributed by atoms with Gasteiger partial charge in [-0.1, -0.05) is 0 Å². The van der Waals surface area contributed by atoms with Crippen molar-refractivity contribution in [3.63, 3.8) is 0 Å². The molecule has 0 aliphatic rings. The van der Waals surface area contributed by atoms with Crippen LogP contribution in [0.15, 0.2) is 10.6 Å². The van der Waals surface area contributed by atoms with Gasteiger partial charge in [-0.15, -0.1) is 0 Å². The standard InChI is InChI=1S/C4H3BrF4/c5-2(4(8)9)1-3(6)7/h1,3-4H. The van der Waals surface area contributed by atoms with Gasteiger partial charge in [-0.05, 0) is 22.0 Å². The van der Waals surface area contributed by atoms with Crippen molar-refractivity contribution in [1.29, 1.82) is 0 Å². The van der Waals surface area contributed by atoms with Gasteiger partial charge >= 0.3 is 0 Å². The molecule has 0 aromatic rings. The van der Waals surface area contributed by atoms with Gasteiger partial charge in [0.2, 0.25) is 0 Å². The van der Waals surface area contributed by atoms with E-state index in [1.54, 1.807) is 0 Å². The molecule has 0 N–H and O–H groups in total. The third-order valence-electron chi connectivity index (χ3n) is 0.494. The highest BCUT2D eigenvalue weighted by Gasteiger charge is 2.09. The normalized spacial score (nSPS) is 13.4. The third-order valence-corrected chi connectivity index (χ3v) is 1.10. The minimum Gasteiger partial charge on any atom is -0.206 e. The van der Waals surface area contributed by atoms with E-state index in [9.17, 15) is 17.6 Å². The van der Waals surface area contributed by atoms with E-state index in [0.717, 1.165) is 0 Å². The monoisotopic (exact) mass is 206 g/mol. The second-order valence-corrected chi connectivity index (χ2v) is 2.10. The number of hydrogen-bond acceptors (Lipinski definition) is 0. The average molecular weight is 207 g/mol. The topological polar surface area (TPSA) is 0 Å². The van der Waals surface area contributed by atoms with Crippen LogP contribution in [0.2, 0.25) is 0 Å². The van der Waals surface area contributed by atoms with E-state index in [1.807, 2.05) is 0 Å². The van der Waals surface area contributed by atoms with Gasteiger partial charge in [0.05, 0.1) is 4.48 Å². The molecule has 0 spiro atoms. The lowest BCUT2D eigenvalue weighted by Crippen LogP contribution is -1.92. The first-order valence-corrected chi connectivity index (χ1v) is 2.77. The molecular weight excluding hydrogens is 204 g/mol. The maximum absolute atomic E-state index is 11.3. The molecule has 0 bridgehead atoms. The van der Waals surface area contributed by atoms with Crippen molar-refractivity contribution in [3.05, 3.63) is 10.6 Å². The maximum Gasteiger partial charge on any atom is 0.270 e. The van der Waals surface area contributed by atoms with E-state index >= 15 is 0 Å². The summed E-state index contributed by atoms with van der Waals surface area (Å²) in [6, 6.07) is 0. The first kappa shape index (κ1) is 8.94. The van der Waals surface area contributed by atoms with Crippen LogP contribution in [0, 0.1) is 0 Å². The van der Waals surface area contributed by atoms with Gasteiger partial charge in [0.1, 0.15) is 0 Å². The van der Waals surface area contributed by atoms with Crippen LogP contribution in [0.5, 0.6) is 0 Å². The molecule has 0 saturated carbocycles. The van der Waals surface area contributed by atoms with Gasteiger partial charge in [-0.3, -0.25) is 0 Å². The Labute approximate surface area is 57.7 Å². The van der Waals surface area contributed by atoms with Crippen LogP contribution in [-0.4, -0.2) is 12.9 Å². The summed E-state index contributed by atoms with van der Waals surface area (Å²) < 4.78 is 44.3. The van der Waals surface area contributed by atoms with Crippen LogP contribution >= 0.6 is 15.9 Å². The van der Waals surface area contributed by atoms with Crippen LogP contribution in [0.4, 0.5) is 17.6 Å². The van der Waals surface area contributed by atoms with Crippen LogP contribution in [0.3, 0.4) is 0 Å². The molecule has 0 nitrogen and oxygen atoms in total. The summed E-state index contributed by atoms with van der Waals surface area (Å²) in [5.41, 5.74) is 0. The van der Waals surface area contributed by atoms with Crippen molar-refractivity contribution < 1.29 is 17.6 Å². The Balaban J connectivity index is 3.84. The Kier molecular flexibility index (Phi) is 3.84. The number of allylic oxidation sites excluding steroid dienone is 2. The van der Waals surface area contributed by atoms with E-state index < -0.39 is 17.3 Å². The van der Waals surface area contributed by atoms with Crippen molar-refractivity contribution in [2.75, 3.05) is 0 Å². The quantitative estimate of drug-likeness (QED) is 0.610. The first-order chi connectivity index (χ1) is 4.04. The van der Waals surface area contributed by atoms with Crippen LogP contribution in [0.25, 0.3) is 0 Å². The molecule has 0 radical (unpaired) electrons. The molecule has 0 fully saturated rings. The molecule has 5 heteroatoms. The van der Waals surface area contributed by atoms with Crippen LogP contribution < -0.4 is 0 Å². The maximum atomic E-state index is 11.3. The van der Waals surface area contributed by atoms with Gasteiger partial charge in [-0.2, -0.15) is 0 Å². The fourth-order valence-corrected chi connectivity index (χ4v) is 0.393. The lowest BCUT2D eigenvalue weighted by Gasteiger charge is -1.93. The van der Waals surface area contributed by atoms with E-state index in [2.05, 4.69) is 15.9 Å². The molecule has 0 amide bonds. The molecule has 0 aliphatic carbocycles. The Hall–Kier alpha value is -0.0600. The Morgan fingerprint density at radius 2 is 1.67 bits per heavy atom. The van der Waals surface area contributed by atoms with Gasteiger partial charge in [0, 0.05) is 0 Å². The highest BCUT2D eigenvalue weighted by Crippen LogP contribution is 2.17. The van der Waals surface area contributed by atoms with Crippen molar-refractivity contribution >= 4 is 15.9 Å². The largest absolute Gasteiger partial charge is 0.270 e. The Morgan fingerprint density at radius 1 is 1.22 bits per heavy atom. The van der Waals surface area contributed by atoms with Gasteiger partial charge in [0.15, 0.2) is 0 Å². The fourth-order valence-electron chi connectivity index (χ4n) is 0.193. The highest BCUT2D eigenvalue weighted by atomic mass is 79.9. The van der Waals surface area contributed by atoms with E-state index in [4.69, 9.17) is 0 Å². The second-order valence-electron chi connectivity index (χ2n) is 1.19. The lowest BCUT2D eigenvalue weighted by atomic mass is 10.5. The summed E-state index contributed by atoms with van der Waals surface area (Å²) in [5, 5.41) is 0. The molecule has 0 unspecified atom stereocenters. The summed E-state index contributed by atoms with van der Waals surface area (Å²) in [4.78, 5) is 0. The number of alkyl halides is 4. The zero-order valence-corrected chi connectivity index (χ0v) is 5.71. The summed E-state index contributed by atoms with van der Waals surface area (Å²) in [5.74, 6) is 0. The molecule has 0 aromatic heterocycles. The first-order valence-electron chi connectivity index (χ1n) is 1.97. The minimum atomic E-state index is -2.85. The molecule has 9 heavy (non-hydrogen) atoms. The van der Waals surface area contributed by atoms with Gasteiger partial charge in [0.25, 0.3) is 12.9 Å². The number of halogens is 5.